The van der Waals surface area contributed by atoms with Crippen molar-refractivity contribution < 1.29 is 14.3 Å². The van der Waals surface area contributed by atoms with E-state index in [1.165, 1.54) is 5.01 Å². The van der Waals surface area contributed by atoms with Gasteiger partial charge < -0.3 is 15.0 Å². The molecule has 2 aromatic carbocycles. The summed E-state index contributed by atoms with van der Waals surface area (Å²) in [4.78, 5) is 28.7. The largest absolute Gasteiger partial charge is 0.453 e. The molecule has 4 rings (SSSR count). The van der Waals surface area contributed by atoms with Crippen molar-refractivity contribution in [3.05, 3.63) is 84.4 Å². The van der Waals surface area contributed by atoms with Crippen molar-refractivity contribution >= 4 is 23.3 Å². The van der Waals surface area contributed by atoms with E-state index in [2.05, 4.69) is 10.1 Å². The maximum Gasteiger partial charge on any atom is 0.355 e. The lowest BCUT2D eigenvalue weighted by Gasteiger charge is -2.20. The molecule has 8 heteroatoms. The second-order valence-electron chi connectivity index (χ2n) is 6.88. The lowest BCUT2D eigenvalue weighted by molar-refractivity contribution is -0.137. The summed E-state index contributed by atoms with van der Waals surface area (Å²) in [7, 11) is 0. The Morgan fingerprint density at radius 1 is 1.07 bits per heavy atom. The molecule has 0 saturated heterocycles. The highest BCUT2D eigenvalue weighted by atomic mass is 16.5. The number of hydrogen-bond donors (Lipinski definition) is 1. The fourth-order valence-electron chi connectivity index (χ4n) is 3.29. The van der Waals surface area contributed by atoms with Gasteiger partial charge >= 0.3 is 5.97 Å². The second-order valence-corrected chi connectivity index (χ2v) is 6.88. The summed E-state index contributed by atoms with van der Waals surface area (Å²) in [6.07, 6.45) is 3.60. The van der Waals surface area contributed by atoms with E-state index in [1.807, 2.05) is 59.3 Å². The summed E-state index contributed by atoms with van der Waals surface area (Å²) in [6, 6.07) is 18.3. The number of benzene rings is 2. The van der Waals surface area contributed by atoms with Gasteiger partial charge in [-0.25, -0.2) is 9.78 Å². The Bertz CT molecular complexity index is 1060. The Morgan fingerprint density at radius 2 is 1.77 bits per heavy atom. The van der Waals surface area contributed by atoms with Crippen LogP contribution in [-0.2, 0) is 27.5 Å². The summed E-state index contributed by atoms with van der Waals surface area (Å²) in [5, 5.41) is 5.77. The molecule has 1 atom stereocenters. The fraction of sp³-hybridized carbons (Fsp3) is 0.182. The standard InChI is InChI=1S/C22H21N5O3/c23-21(28)19-13-18(25-27(19)17-9-5-2-6-10-17)22(29)30-15-20-24-11-12-26(20)14-16-7-3-1-4-8-16/h1-12,19H,13-15H2,(H2,23,28). The first-order valence-electron chi connectivity index (χ1n) is 9.54. The molecular formula is C22H21N5O3. The van der Waals surface area contributed by atoms with Gasteiger partial charge in [0, 0.05) is 25.4 Å². The van der Waals surface area contributed by atoms with Crippen LogP contribution >= 0.6 is 0 Å². The molecule has 1 aliphatic heterocycles. The van der Waals surface area contributed by atoms with Crippen LogP contribution in [0.25, 0.3) is 0 Å². The molecule has 0 aliphatic carbocycles. The Morgan fingerprint density at radius 3 is 2.47 bits per heavy atom. The SMILES string of the molecule is NC(=O)C1CC(C(=O)OCc2nccn2Cc2ccccc2)=NN1c1ccccc1. The highest BCUT2D eigenvalue weighted by Gasteiger charge is 2.35. The van der Waals surface area contributed by atoms with Crippen LogP contribution in [0.5, 0.6) is 0 Å². The van der Waals surface area contributed by atoms with Crippen molar-refractivity contribution in [2.24, 2.45) is 10.8 Å². The van der Waals surface area contributed by atoms with Crippen molar-refractivity contribution in [3.63, 3.8) is 0 Å². The number of esters is 1. The maximum absolute atomic E-state index is 12.6. The number of rotatable bonds is 7. The number of amides is 1. The van der Waals surface area contributed by atoms with Gasteiger partial charge in [0.05, 0.1) is 5.69 Å². The van der Waals surface area contributed by atoms with Crippen LogP contribution < -0.4 is 10.7 Å². The van der Waals surface area contributed by atoms with Crippen molar-refractivity contribution in [2.75, 3.05) is 5.01 Å². The van der Waals surface area contributed by atoms with Crippen molar-refractivity contribution in [2.45, 2.75) is 25.6 Å². The first-order chi connectivity index (χ1) is 14.6. The smallest absolute Gasteiger partial charge is 0.355 e. The molecule has 152 valence electrons. The highest BCUT2D eigenvalue weighted by Crippen LogP contribution is 2.24. The molecular weight excluding hydrogens is 382 g/mol. The molecule has 30 heavy (non-hydrogen) atoms. The second kappa shape index (κ2) is 8.60. The molecule has 0 saturated carbocycles. The lowest BCUT2D eigenvalue weighted by atomic mass is 10.1. The Balaban J connectivity index is 1.43. The maximum atomic E-state index is 12.6. The van der Waals surface area contributed by atoms with E-state index in [9.17, 15) is 9.59 Å². The van der Waals surface area contributed by atoms with E-state index in [-0.39, 0.29) is 18.7 Å². The van der Waals surface area contributed by atoms with Crippen LogP contribution in [0, 0.1) is 0 Å². The molecule has 1 aromatic heterocycles. The van der Waals surface area contributed by atoms with Gasteiger partial charge in [0.1, 0.15) is 24.2 Å². The van der Waals surface area contributed by atoms with Gasteiger partial charge in [-0.1, -0.05) is 48.5 Å². The number of nitrogens with two attached hydrogens (primary N) is 1. The summed E-state index contributed by atoms with van der Waals surface area (Å²) < 4.78 is 7.35. The molecule has 0 bridgehead atoms. The van der Waals surface area contributed by atoms with Crippen LogP contribution in [0.1, 0.15) is 17.8 Å². The van der Waals surface area contributed by atoms with Gasteiger partial charge in [0.25, 0.3) is 0 Å². The third kappa shape index (κ3) is 4.22. The van der Waals surface area contributed by atoms with Gasteiger partial charge in [-0.05, 0) is 17.7 Å². The number of primary amides is 1. The van der Waals surface area contributed by atoms with E-state index in [0.29, 0.717) is 18.1 Å². The quantitative estimate of drug-likeness (QED) is 0.609. The number of hydrazone groups is 1. The Hall–Kier alpha value is -3.94. The minimum Gasteiger partial charge on any atom is -0.453 e. The monoisotopic (exact) mass is 403 g/mol. The molecule has 2 heterocycles. The normalized spacial score (nSPS) is 15.7. The van der Waals surface area contributed by atoms with Crippen LogP contribution in [0.3, 0.4) is 0 Å². The van der Waals surface area contributed by atoms with E-state index in [4.69, 9.17) is 10.5 Å². The Labute approximate surface area is 173 Å². The molecule has 0 radical (unpaired) electrons. The molecule has 0 spiro atoms. The number of aromatic nitrogens is 2. The molecule has 1 amide bonds. The van der Waals surface area contributed by atoms with Crippen molar-refractivity contribution in [1.29, 1.82) is 0 Å². The van der Waals surface area contributed by atoms with E-state index >= 15 is 0 Å². The first kappa shape index (κ1) is 19.4. The highest BCUT2D eigenvalue weighted by molar-refractivity contribution is 6.38. The molecule has 1 unspecified atom stereocenters. The van der Waals surface area contributed by atoms with Crippen molar-refractivity contribution in [3.8, 4) is 0 Å². The zero-order chi connectivity index (χ0) is 20.9. The Kier molecular flexibility index (Phi) is 5.56. The molecule has 0 fully saturated rings. The van der Waals surface area contributed by atoms with E-state index in [0.717, 1.165) is 5.56 Å². The number of anilines is 1. The molecule has 3 aromatic rings. The topological polar surface area (TPSA) is 103 Å². The minimum absolute atomic E-state index is 0.00423. The predicted octanol–water partition coefficient (Wildman–Crippen LogP) is 2.09. The van der Waals surface area contributed by atoms with E-state index in [1.54, 1.807) is 18.3 Å². The van der Waals surface area contributed by atoms with E-state index < -0.39 is 17.9 Å². The van der Waals surface area contributed by atoms with Crippen LogP contribution in [0.2, 0.25) is 0 Å². The number of carbonyl (C=O) groups excluding carboxylic acids is 2. The van der Waals surface area contributed by atoms with Gasteiger partial charge in [-0.15, -0.1) is 0 Å². The number of hydrogen-bond acceptors (Lipinski definition) is 6. The molecule has 8 nitrogen and oxygen atoms in total. The van der Waals surface area contributed by atoms with Gasteiger partial charge in [-0.2, -0.15) is 5.10 Å². The average molecular weight is 403 g/mol. The van der Waals surface area contributed by atoms with Gasteiger partial charge in [0.2, 0.25) is 5.91 Å². The van der Waals surface area contributed by atoms with Crippen LogP contribution in [0.15, 0.2) is 78.2 Å². The number of carbonyl (C=O) groups is 2. The zero-order valence-electron chi connectivity index (χ0n) is 16.2. The predicted molar refractivity (Wildman–Crippen MR) is 112 cm³/mol. The molecule has 1 aliphatic rings. The summed E-state index contributed by atoms with van der Waals surface area (Å²) in [5.41, 5.74) is 7.47. The fourth-order valence-corrected chi connectivity index (χ4v) is 3.29. The zero-order valence-corrected chi connectivity index (χ0v) is 16.2. The first-order valence-corrected chi connectivity index (χ1v) is 9.54. The average Bonchev–Trinajstić information content (AvgIpc) is 3.41. The number of nitrogens with zero attached hydrogens (tertiary/aromatic N) is 4. The number of imidazole rings is 1. The lowest BCUT2D eigenvalue weighted by Crippen LogP contribution is -2.39. The van der Waals surface area contributed by atoms with Crippen molar-refractivity contribution in [1.82, 2.24) is 9.55 Å². The third-order valence-corrected chi connectivity index (χ3v) is 4.82. The number of para-hydroxylation sites is 1. The summed E-state index contributed by atoms with van der Waals surface area (Å²) >= 11 is 0. The van der Waals surface area contributed by atoms with Gasteiger partial charge in [0.15, 0.2) is 0 Å². The minimum atomic E-state index is -0.727. The van der Waals surface area contributed by atoms with Crippen LogP contribution in [0.4, 0.5) is 5.69 Å². The third-order valence-electron chi connectivity index (χ3n) is 4.82. The molecule has 2 N–H and O–H groups in total. The summed E-state index contributed by atoms with van der Waals surface area (Å²) in [5.74, 6) is -0.519. The summed E-state index contributed by atoms with van der Waals surface area (Å²) in [6.45, 7) is 0.629. The van der Waals surface area contributed by atoms with Gasteiger partial charge in [-0.3, -0.25) is 9.80 Å². The number of ether oxygens (including phenoxy) is 1. The van der Waals surface area contributed by atoms with Crippen LogP contribution in [-0.4, -0.2) is 33.2 Å².